The molecule has 0 aromatic rings. The maximum atomic E-state index is 12.8. The molecule has 354 valence electrons. The monoisotopic (exact) mass is 847 g/mol. The van der Waals surface area contributed by atoms with Gasteiger partial charge in [-0.05, 0) is 44.9 Å². The number of hydrogen-bond acceptors (Lipinski definition) is 6. The van der Waals surface area contributed by atoms with Gasteiger partial charge in [-0.25, -0.2) is 0 Å². The van der Waals surface area contributed by atoms with Crippen LogP contribution in [0.5, 0.6) is 0 Å². The Morgan fingerprint density at radius 3 is 0.833 bits per heavy atom. The van der Waals surface area contributed by atoms with Crippen molar-refractivity contribution in [3.63, 3.8) is 0 Å². The fraction of sp³-hybridized carbons (Fsp3) is 0.907. The molecule has 0 saturated heterocycles. The topological polar surface area (TPSA) is 78.9 Å². The summed E-state index contributed by atoms with van der Waals surface area (Å²) >= 11 is 0. The molecule has 0 aliphatic heterocycles. The highest BCUT2D eigenvalue weighted by Gasteiger charge is 2.19. The Kier molecular flexibility index (Phi) is 48.3. The van der Waals surface area contributed by atoms with Crippen LogP contribution in [0.2, 0.25) is 0 Å². The van der Waals surface area contributed by atoms with Crippen LogP contribution in [-0.4, -0.2) is 37.2 Å². The van der Waals surface area contributed by atoms with Crippen molar-refractivity contribution in [1.29, 1.82) is 0 Å². The van der Waals surface area contributed by atoms with Crippen molar-refractivity contribution in [1.82, 2.24) is 0 Å². The Bertz CT molecular complexity index is 931. The predicted molar refractivity (Wildman–Crippen MR) is 256 cm³/mol. The molecule has 0 radical (unpaired) electrons. The standard InChI is InChI=1S/C54H102O6/c1-4-7-10-13-16-19-22-25-26-27-30-32-35-38-41-44-47-53(56)59-50-51(60-54(57)48-45-42-39-36-33-29-24-21-18-15-12-9-6-3)49-58-52(55)46-43-40-37-34-31-28-23-20-17-14-11-8-5-2/h26-27,51H,4-25,28-50H2,1-3H3/b27-26-/t51-/m1/s1. The van der Waals surface area contributed by atoms with E-state index in [0.29, 0.717) is 19.3 Å². The molecule has 0 saturated carbocycles. The van der Waals surface area contributed by atoms with E-state index >= 15 is 0 Å². The number of esters is 3. The zero-order valence-corrected chi connectivity index (χ0v) is 40.5. The lowest BCUT2D eigenvalue weighted by atomic mass is 10.0. The lowest BCUT2D eigenvalue weighted by molar-refractivity contribution is -0.167. The first-order valence-electron chi connectivity index (χ1n) is 26.7. The molecule has 0 aliphatic carbocycles. The number of carbonyl (C=O) groups excluding carboxylic acids is 3. The van der Waals surface area contributed by atoms with Crippen molar-refractivity contribution >= 4 is 17.9 Å². The van der Waals surface area contributed by atoms with Gasteiger partial charge in [-0.15, -0.1) is 0 Å². The van der Waals surface area contributed by atoms with E-state index in [4.69, 9.17) is 14.2 Å². The van der Waals surface area contributed by atoms with Gasteiger partial charge in [0.2, 0.25) is 0 Å². The number of allylic oxidation sites excluding steroid dienone is 2. The van der Waals surface area contributed by atoms with Gasteiger partial charge in [0.25, 0.3) is 0 Å². The van der Waals surface area contributed by atoms with E-state index in [2.05, 4.69) is 32.9 Å². The summed E-state index contributed by atoms with van der Waals surface area (Å²) in [6, 6.07) is 0. The molecule has 0 amide bonds. The van der Waals surface area contributed by atoms with Crippen molar-refractivity contribution in [2.24, 2.45) is 0 Å². The molecule has 1 atom stereocenters. The van der Waals surface area contributed by atoms with E-state index < -0.39 is 6.10 Å². The molecule has 6 nitrogen and oxygen atoms in total. The van der Waals surface area contributed by atoms with Gasteiger partial charge in [0.1, 0.15) is 13.2 Å². The summed E-state index contributed by atoms with van der Waals surface area (Å²) in [5.74, 6) is -0.857. The summed E-state index contributed by atoms with van der Waals surface area (Å²) in [5.41, 5.74) is 0. The number of carbonyl (C=O) groups is 3. The number of hydrogen-bond donors (Lipinski definition) is 0. The number of unbranched alkanes of at least 4 members (excludes halogenated alkanes) is 36. The lowest BCUT2D eigenvalue weighted by Crippen LogP contribution is -2.30. The van der Waals surface area contributed by atoms with Crippen LogP contribution in [0, 0.1) is 0 Å². The van der Waals surface area contributed by atoms with Gasteiger partial charge in [-0.3, -0.25) is 14.4 Å². The third kappa shape index (κ3) is 47.2. The van der Waals surface area contributed by atoms with Crippen molar-refractivity contribution < 1.29 is 28.6 Å². The highest BCUT2D eigenvalue weighted by molar-refractivity contribution is 5.71. The first-order valence-corrected chi connectivity index (χ1v) is 26.7. The average Bonchev–Trinajstić information content (AvgIpc) is 3.24. The Hall–Kier alpha value is -1.85. The first kappa shape index (κ1) is 58.1. The maximum Gasteiger partial charge on any atom is 0.306 e. The summed E-state index contributed by atoms with van der Waals surface area (Å²) in [6.45, 7) is 6.66. The van der Waals surface area contributed by atoms with Crippen LogP contribution < -0.4 is 0 Å². The summed E-state index contributed by atoms with van der Waals surface area (Å²) in [4.78, 5) is 38.0. The highest BCUT2D eigenvalue weighted by atomic mass is 16.6. The van der Waals surface area contributed by atoms with E-state index in [1.165, 1.54) is 193 Å². The van der Waals surface area contributed by atoms with Gasteiger partial charge in [-0.1, -0.05) is 245 Å². The molecule has 0 unspecified atom stereocenters. The van der Waals surface area contributed by atoms with Crippen molar-refractivity contribution in [3.8, 4) is 0 Å². The molecule has 0 aromatic carbocycles. The van der Waals surface area contributed by atoms with Gasteiger partial charge in [0.05, 0.1) is 0 Å². The minimum Gasteiger partial charge on any atom is -0.462 e. The molecule has 0 aromatic heterocycles. The first-order chi connectivity index (χ1) is 29.5. The van der Waals surface area contributed by atoms with Gasteiger partial charge >= 0.3 is 17.9 Å². The van der Waals surface area contributed by atoms with Crippen LogP contribution in [-0.2, 0) is 28.6 Å². The second-order valence-corrected chi connectivity index (χ2v) is 18.2. The molecule has 60 heavy (non-hydrogen) atoms. The molecule has 0 bridgehead atoms. The summed E-state index contributed by atoms with van der Waals surface area (Å²) in [5, 5.41) is 0. The molecular formula is C54H102O6. The highest BCUT2D eigenvalue weighted by Crippen LogP contribution is 2.16. The van der Waals surface area contributed by atoms with E-state index in [0.717, 1.165) is 64.2 Å². The second kappa shape index (κ2) is 49.8. The second-order valence-electron chi connectivity index (χ2n) is 18.2. The smallest absolute Gasteiger partial charge is 0.306 e. The van der Waals surface area contributed by atoms with Crippen LogP contribution in [0.15, 0.2) is 12.2 Å². The van der Waals surface area contributed by atoms with Crippen molar-refractivity contribution in [2.75, 3.05) is 13.2 Å². The fourth-order valence-corrected chi connectivity index (χ4v) is 7.97. The molecule has 6 heteroatoms. The van der Waals surface area contributed by atoms with Crippen LogP contribution in [0.25, 0.3) is 0 Å². The molecule has 0 heterocycles. The summed E-state index contributed by atoms with van der Waals surface area (Å²) < 4.78 is 16.8. The van der Waals surface area contributed by atoms with E-state index in [9.17, 15) is 14.4 Å². The minimum atomic E-state index is -0.766. The lowest BCUT2D eigenvalue weighted by Gasteiger charge is -2.18. The Balaban J connectivity index is 4.33. The van der Waals surface area contributed by atoms with Crippen LogP contribution in [0.1, 0.15) is 297 Å². The van der Waals surface area contributed by atoms with Crippen molar-refractivity contribution in [3.05, 3.63) is 12.2 Å². The number of rotatable bonds is 49. The SMILES string of the molecule is CCCCCCCCC/C=C\CCCCCCCC(=O)OC[C@@H](COC(=O)CCCCCCCCCCCCCCC)OC(=O)CCCCCCCCCCCCCCC. The Labute approximate surface area is 373 Å². The third-order valence-electron chi connectivity index (χ3n) is 12.0. The molecule has 0 aliphatic rings. The third-order valence-corrected chi connectivity index (χ3v) is 12.0. The summed E-state index contributed by atoms with van der Waals surface area (Å²) in [7, 11) is 0. The Morgan fingerprint density at radius 2 is 0.550 bits per heavy atom. The molecule has 0 N–H and O–H groups in total. The van der Waals surface area contributed by atoms with E-state index in [-0.39, 0.29) is 31.1 Å². The molecule has 0 rings (SSSR count). The van der Waals surface area contributed by atoms with Gasteiger partial charge in [-0.2, -0.15) is 0 Å². The maximum absolute atomic E-state index is 12.8. The van der Waals surface area contributed by atoms with Gasteiger partial charge < -0.3 is 14.2 Å². The minimum absolute atomic E-state index is 0.0671. The predicted octanol–water partition coefficient (Wildman–Crippen LogP) is 17.4. The fourth-order valence-electron chi connectivity index (χ4n) is 7.97. The van der Waals surface area contributed by atoms with E-state index in [1.807, 2.05) is 0 Å². The van der Waals surface area contributed by atoms with Crippen molar-refractivity contribution in [2.45, 2.75) is 303 Å². The number of ether oxygens (including phenoxy) is 3. The summed E-state index contributed by atoms with van der Waals surface area (Å²) in [6.07, 6.45) is 54.7. The molecule has 0 spiro atoms. The Morgan fingerprint density at radius 1 is 0.317 bits per heavy atom. The normalized spacial score (nSPS) is 12.0. The molecular weight excluding hydrogens is 745 g/mol. The molecule has 0 fully saturated rings. The zero-order valence-electron chi connectivity index (χ0n) is 40.5. The van der Waals surface area contributed by atoms with Crippen LogP contribution in [0.4, 0.5) is 0 Å². The van der Waals surface area contributed by atoms with Gasteiger partial charge in [0.15, 0.2) is 6.10 Å². The average molecular weight is 847 g/mol. The van der Waals surface area contributed by atoms with Crippen LogP contribution in [0.3, 0.4) is 0 Å². The van der Waals surface area contributed by atoms with Gasteiger partial charge in [0, 0.05) is 19.3 Å². The largest absolute Gasteiger partial charge is 0.462 e. The van der Waals surface area contributed by atoms with Crippen LogP contribution >= 0.6 is 0 Å². The zero-order chi connectivity index (χ0) is 43.7. The van der Waals surface area contributed by atoms with E-state index in [1.54, 1.807) is 0 Å². The quantitative estimate of drug-likeness (QED) is 0.0263.